The lowest BCUT2D eigenvalue weighted by molar-refractivity contribution is -0.177. The molecule has 1 amide bonds. The minimum atomic E-state index is -3.98. The molecule has 1 atom stereocenters. The molecule has 0 bridgehead atoms. The summed E-state index contributed by atoms with van der Waals surface area (Å²) in [6, 6.07) is 0. The third-order valence-corrected chi connectivity index (χ3v) is 5.35. The van der Waals surface area contributed by atoms with Crippen LogP contribution >= 0.6 is 0 Å². The molecule has 11 nitrogen and oxygen atoms in total. The van der Waals surface area contributed by atoms with E-state index in [1.165, 1.54) is 20.8 Å². The lowest BCUT2D eigenvalue weighted by Gasteiger charge is -2.38. The molecule has 0 radical (unpaired) electrons. The molecular formula is C16H29NO10S. The van der Waals surface area contributed by atoms with Gasteiger partial charge in [-0.2, -0.15) is 8.42 Å². The number of nitrogens with one attached hydrogen (secondary N) is 1. The third kappa shape index (κ3) is 8.85. The highest BCUT2D eigenvalue weighted by atomic mass is 32.2. The van der Waals surface area contributed by atoms with Crippen molar-refractivity contribution in [3.8, 4) is 0 Å². The van der Waals surface area contributed by atoms with E-state index in [1.807, 2.05) is 0 Å². The molecule has 0 fully saturated rings. The number of carbonyl (C=O) groups is 3. The molecule has 0 saturated carbocycles. The van der Waals surface area contributed by atoms with E-state index in [0.717, 1.165) is 7.11 Å². The first-order valence-corrected chi connectivity index (χ1v) is 10.1. The summed E-state index contributed by atoms with van der Waals surface area (Å²) < 4.78 is 37.7. The summed E-state index contributed by atoms with van der Waals surface area (Å²) in [5, 5.41) is 22.5. The molecule has 3 N–H and O–H groups in total. The summed E-state index contributed by atoms with van der Waals surface area (Å²) >= 11 is 0. The number of rotatable bonds is 13. The van der Waals surface area contributed by atoms with Crippen molar-refractivity contribution < 1.29 is 46.7 Å². The zero-order chi connectivity index (χ0) is 22.0. The fourth-order valence-corrected chi connectivity index (χ4v) is 3.30. The van der Waals surface area contributed by atoms with E-state index in [0.29, 0.717) is 0 Å². The molecule has 0 rings (SSSR count). The number of methoxy groups -OCH3 is 1. The molecule has 0 spiro atoms. The van der Waals surface area contributed by atoms with Gasteiger partial charge in [0.25, 0.3) is 10.1 Å². The number of aliphatic carboxylic acids is 1. The van der Waals surface area contributed by atoms with E-state index < -0.39 is 39.9 Å². The number of hydrogen-bond donors (Lipinski definition) is 3. The fraction of sp³-hybridized carbons (Fsp3) is 0.812. The normalized spacial score (nSPS) is 14.0. The third-order valence-electron chi connectivity index (χ3n) is 4.09. The molecule has 0 saturated heterocycles. The summed E-state index contributed by atoms with van der Waals surface area (Å²) in [5.74, 6) is -2.22. The zero-order valence-corrected chi connectivity index (χ0v) is 17.3. The van der Waals surface area contributed by atoms with Crippen LogP contribution in [0, 0.1) is 5.41 Å². The largest absolute Gasteiger partial charge is 0.507 e. The number of hydrogen-bond acceptors (Lipinski definition) is 9. The average molecular weight is 427 g/mol. The van der Waals surface area contributed by atoms with E-state index in [-0.39, 0.29) is 44.1 Å². The smallest absolute Gasteiger partial charge is 0.479 e. The number of amides is 1. The topological polar surface area (TPSA) is 166 Å². The van der Waals surface area contributed by atoms with E-state index in [2.05, 4.69) is 14.8 Å². The monoisotopic (exact) mass is 427 g/mol. The van der Waals surface area contributed by atoms with Crippen LogP contribution < -0.4 is 5.32 Å². The standard InChI is InChI=1S/C16H29NO10S/c1-12(18)17-8-6-10-28(23,24)27-11-15(2,3)16(22,13(19)20)7-5-9-26-14(21)25-4/h22H,5-11H2,1-4H3,(H,17,18)(H,19,20)/t16-/m0/s1. The lowest BCUT2D eigenvalue weighted by atomic mass is 9.73. The van der Waals surface area contributed by atoms with Crippen molar-refractivity contribution in [3.63, 3.8) is 0 Å². The van der Waals surface area contributed by atoms with Gasteiger partial charge >= 0.3 is 12.1 Å². The first kappa shape index (κ1) is 26.1. The molecule has 12 heteroatoms. The number of carboxylic acid groups (broad SMARTS) is 1. The van der Waals surface area contributed by atoms with Crippen LogP contribution in [-0.4, -0.2) is 74.9 Å². The van der Waals surface area contributed by atoms with Crippen molar-refractivity contribution in [2.45, 2.75) is 45.6 Å². The van der Waals surface area contributed by atoms with Crippen molar-refractivity contribution in [2.75, 3.05) is 32.6 Å². The van der Waals surface area contributed by atoms with Crippen LogP contribution in [0.2, 0.25) is 0 Å². The van der Waals surface area contributed by atoms with Gasteiger partial charge in [0.2, 0.25) is 5.91 Å². The van der Waals surface area contributed by atoms with E-state index in [9.17, 15) is 33.0 Å². The van der Waals surface area contributed by atoms with Crippen molar-refractivity contribution in [3.05, 3.63) is 0 Å². The fourth-order valence-electron chi connectivity index (χ4n) is 2.21. The Bertz CT molecular complexity index is 646. The van der Waals surface area contributed by atoms with Crippen LogP contribution in [0.1, 0.15) is 40.0 Å². The number of carboxylic acids is 1. The Morgan fingerprint density at radius 3 is 2.25 bits per heavy atom. The van der Waals surface area contributed by atoms with E-state index in [4.69, 9.17) is 4.18 Å². The first-order chi connectivity index (χ1) is 12.8. The second-order valence-electron chi connectivity index (χ2n) is 6.82. The van der Waals surface area contributed by atoms with Gasteiger partial charge in [-0.25, -0.2) is 9.59 Å². The van der Waals surface area contributed by atoms with Crippen molar-refractivity contribution in [1.29, 1.82) is 0 Å². The number of carbonyl (C=O) groups excluding carboxylic acids is 2. The maximum Gasteiger partial charge on any atom is 0.507 e. The van der Waals surface area contributed by atoms with Gasteiger partial charge in [-0.1, -0.05) is 13.8 Å². The van der Waals surface area contributed by atoms with Gasteiger partial charge in [0.15, 0.2) is 5.60 Å². The molecule has 0 aliphatic carbocycles. The SMILES string of the molecule is COC(=O)OCCC[C@](O)(C(=O)O)C(C)(C)COS(=O)(=O)CCCNC(C)=O. The highest BCUT2D eigenvalue weighted by Crippen LogP contribution is 2.36. The second-order valence-corrected chi connectivity index (χ2v) is 8.58. The maximum absolute atomic E-state index is 12.0. The average Bonchev–Trinajstić information content (AvgIpc) is 2.60. The van der Waals surface area contributed by atoms with Gasteiger partial charge in [0.05, 0.1) is 26.1 Å². The van der Waals surface area contributed by atoms with Crippen molar-refractivity contribution in [2.24, 2.45) is 5.41 Å². The first-order valence-electron chi connectivity index (χ1n) is 8.55. The molecule has 0 aromatic carbocycles. The van der Waals surface area contributed by atoms with Gasteiger partial charge < -0.3 is 25.0 Å². The minimum Gasteiger partial charge on any atom is -0.479 e. The van der Waals surface area contributed by atoms with E-state index >= 15 is 0 Å². The molecule has 164 valence electrons. The van der Waals surface area contributed by atoms with Crippen LogP contribution in [0.15, 0.2) is 0 Å². The Hall–Kier alpha value is -1.92. The van der Waals surface area contributed by atoms with Gasteiger partial charge in [0.1, 0.15) is 0 Å². The molecule has 0 aromatic heterocycles. The molecule has 28 heavy (non-hydrogen) atoms. The molecule has 0 heterocycles. The summed E-state index contributed by atoms with van der Waals surface area (Å²) in [4.78, 5) is 33.3. The van der Waals surface area contributed by atoms with Gasteiger partial charge in [-0.3, -0.25) is 8.98 Å². The van der Waals surface area contributed by atoms with E-state index in [1.54, 1.807) is 0 Å². The Morgan fingerprint density at radius 1 is 1.14 bits per heavy atom. The van der Waals surface area contributed by atoms with Gasteiger partial charge in [-0.05, 0) is 19.3 Å². The molecular weight excluding hydrogens is 398 g/mol. The summed E-state index contributed by atoms with van der Waals surface area (Å²) in [7, 11) is -2.86. The Labute approximate surface area is 164 Å². The predicted octanol–water partition coefficient (Wildman–Crippen LogP) is 0.264. The van der Waals surface area contributed by atoms with Crippen LogP contribution in [-0.2, 0) is 33.4 Å². The Morgan fingerprint density at radius 2 is 1.75 bits per heavy atom. The number of aliphatic hydroxyl groups is 1. The molecule has 0 aliphatic rings. The van der Waals surface area contributed by atoms with Gasteiger partial charge in [-0.15, -0.1) is 0 Å². The van der Waals surface area contributed by atoms with Crippen LogP contribution in [0.4, 0.5) is 4.79 Å². The maximum atomic E-state index is 12.0. The van der Waals surface area contributed by atoms with Crippen LogP contribution in [0.5, 0.6) is 0 Å². The zero-order valence-electron chi connectivity index (χ0n) is 16.5. The highest BCUT2D eigenvalue weighted by molar-refractivity contribution is 7.86. The molecule has 0 aliphatic heterocycles. The minimum absolute atomic E-state index is 0.00476. The second kappa shape index (κ2) is 11.2. The van der Waals surface area contributed by atoms with Crippen LogP contribution in [0.3, 0.4) is 0 Å². The summed E-state index contributed by atoms with van der Waals surface area (Å²) in [6.07, 6.45) is -1.12. The van der Waals surface area contributed by atoms with Crippen molar-refractivity contribution >= 4 is 28.1 Å². The van der Waals surface area contributed by atoms with Crippen LogP contribution in [0.25, 0.3) is 0 Å². The van der Waals surface area contributed by atoms with Crippen molar-refractivity contribution in [1.82, 2.24) is 5.32 Å². The number of ether oxygens (including phenoxy) is 2. The quantitative estimate of drug-likeness (QED) is 0.211. The Balaban J connectivity index is 4.81. The molecule has 0 aromatic rings. The summed E-state index contributed by atoms with van der Waals surface area (Å²) in [6.45, 7) is 3.41. The Kier molecular flexibility index (Phi) is 10.4. The highest BCUT2D eigenvalue weighted by Gasteiger charge is 2.50. The summed E-state index contributed by atoms with van der Waals surface area (Å²) in [5.41, 5.74) is -3.80. The molecule has 0 unspecified atom stereocenters. The lowest BCUT2D eigenvalue weighted by Crippen LogP contribution is -2.54. The van der Waals surface area contributed by atoms with Gasteiger partial charge in [0, 0.05) is 18.9 Å². The predicted molar refractivity (Wildman–Crippen MR) is 97.0 cm³/mol.